The molecule has 8 aromatic rings. The van der Waals surface area contributed by atoms with E-state index in [4.69, 9.17) is 0 Å². The van der Waals surface area contributed by atoms with Gasteiger partial charge in [-0.1, -0.05) is 159 Å². The summed E-state index contributed by atoms with van der Waals surface area (Å²) >= 11 is 0. The quantitative estimate of drug-likeness (QED) is 0.174. The van der Waals surface area contributed by atoms with Crippen LogP contribution in [0.5, 0.6) is 0 Å². The molecule has 0 aliphatic heterocycles. The average molecular weight is 644 g/mol. The Morgan fingerprint density at radius 3 is 1.84 bits per heavy atom. The van der Waals surface area contributed by atoms with Crippen molar-refractivity contribution in [2.45, 2.75) is 19.3 Å². The fourth-order valence-corrected chi connectivity index (χ4v) is 7.65. The molecule has 9 rings (SSSR count). The van der Waals surface area contributed by atoms with Crippen LogP contribution in [0.4, 0.5) is 17.1 Å². The van der Waals surface area contributed by atoms with Gasteiger partial charge in [-0.3, -0.25) is 0 Å². The van der Waals surface area contributed by atoms with Crippen LogP contribution in [0.1, 0.15) is 30.5 Å². The first-order valence-electron chi connectivity index (χ1n) is 19.1. The zero-order chi connectivity index (χ0) is 37.1. The van der Waals surface area contributed by atoms with Gasteiger partial charge in [-0.25, -0.2) is 0 Å². The molecule has 0 saturated carbocycles. The topological polar surface area (TPSA) is 3.24 Å². The molecule has 1 heteroatoms. The highest BCUT2D eigenvalue weighted by Crippen LogP contribution is 2.52. The highest BCUT2D eigenvalue weighted by atomic mass is 15.1. The summed E-state index contributed by atoms with van der Waals surface area (Å²) in [6.07, 6.45) is 0. The Labute approximate surface area is 300 Å². The molecule has 0 aromatic heterocycles. The third-order valence-corrected chi connectivity index (χ3v) is 10.1. The van der Waals surface area contributed by atoms with Crippen molar-refractivity contribution in [1.29, 1.82) is 0 Å². The van der Waals surface area contributed by atoms with E-state index in [0.717, 1.165) is 38.8 Å². The normalized spacial score (nSPS) is 13.9. The highest BCUT2D eigenvalue weighted by Gasteiger charge is 2.37. The number of hydrogen-bond donors (Lipinski definition) is 0. The van der Waals surface area contributed by atoms with Gasteiger partial charge in [0, 0.05) is 22.5 Å². The minimum atomic E-state index is -0.174. The molecule has 1 nitrogen and oxygen atoms in total. The molecule has 0 fully saturated rings. The number of anilines is 3. The molecule has 238 valence electrons. The molecule has 0 radical (unpaired) electrons. The molecule has 0 heterocycles. The lowest BCUT2D eigenvalue weighted by Gasteiger charge is -2.27. The van der Waals surface area contributed by atoms with Crippen LogP contribution in [0.15, 0.2) is 188 Å². The lowest BCUT2D eigenvalue weighted by Crippen LogP contribution is -2.16. The van der Waals surface area contributed by atoms with Crippen molar-refractivity contribution in [2.24, 2.45) is 0 Å². The minimum Gasteiger partial charge on any atom is -0.310 e. The molecule has 0 N–H and O–H groups in total. The Morgan fingerprint density at radius 1 is 0.400 bits per heavy atom. The van der Waals surface area contributed by atoms with Gasteiger partial charge in [0.25, 0.3) is 0 Å². The van der Waals surface area contributed by atoms with Gasteiger partial charge in [-0.05, 0) is 109 Å². The van der Waals surface area contributed by atoms with Crippen molar-refractivity contribution in [3.8, 4) is 44.5 Å². The lowest BCUT2D eigenvalue weighted by molar-refractivity contribution is 0.662. The van der Waals surface area contributed by atoms with Crippen molar-refractivity contribution < 1.29 is 5.48 Å². The van der Waals surface area contributed by atoms with Gasteiger partial charge in [-0.15, -0.1) is 0 Å². The second-order valence-corrected chi connectivity index (χ2v) is 13.5. The molecular formula is C49H37N. The molecule has 0 amide bonds. The molecule has 0 atom stereocenters. The fraction of sp³-hybridized carbons (Fsp3) is 0.0612. The molecule has 8 aromatic carbocycles. The van der Waals surface area contributed by atoms with E-state index in [9.17, 15) is 5.48 Å². The first kappa shape index (κ1) is 25.8. The van der Waals surface area contributed by atoms with Crippen LogP contribution in [-0.4, -0.2) is 0 Å². The number of rotatable bonds is 6. The molecule has 1 aliphatic carbocycles. The Hall–Kier alpha value is -6.18. The average Bonchev–Trinajstić information content (AvgIpc) is 3.45. The Morgan fingerprint density at radius 2 is 1.02 bits per heavy atom. The maximum Gasteiger partial charge on any atom is 0.0645 e. The summed E-state index contributed by atoms with van der Waals surface area (Å²) in [4.78, 5) is 1.87. The van der Waals surface area contributed by atoms with Gasteiger partial charge >= 0.3 is 0 Å². The molecular weight excluding hydrogens is 603 g/mol. The second-order valence-electron chi connectivity index (χ2n) is 13.5. The summed E-state index contributed by atoms with van der Waals surface area (Å²) in [6, 6.07) is 55.2. The van der Waals surface area contributed by atoms with Gasteiger partial charge in [-0.2, -0.15) is 0 Å². The summed E-state index contributed by atoms with van der Waals surface area (Å²) in [5.41, 5.74) is 11.9. The largest absolute Gasteiger partial charge is 0.310 e. The smallest absolute Gasteiger partial charge is 0.0645 e. The fourth-order valence-electron chi connectivity index (χ4n) is 7.65. The number of hydrogen-bond acceptors (Lipinski definition) is 1. The summed E-state index contributed by atoms with van der Waals surface area (Å²) < 4.78 is 37.1. The third-order valence-electron chi connectivity index (χ3n) is 10.1. The van der Waals surface area contributed by atoms with Gasteiger partial charge in [0.05, 0.1) is 5.48 Å². The first-order valence-corrected chi connectivity index (χ1v) is 17.1. The van der Waals surface area contributed by atoms with Crippen LogP contribution in [0.25, 0.3) is 55.3 Å². The number of benzene rings is 8. The highest BCUT2D eigenvalue weighted by molar-refractivity contribution is 5.90. The molecule has 0 unspecified atom stereocenters. The van der Waals surface area contributed by atoms with Crippen molar-refractivity contribution in [3.63, 3.8) is 0 Å². The number of fused-ring (bicyclic) bond motifs is 4. The van der Waals surface area contributed by atoms with E-state index in [2.05, 4.69) is 111 Å². The third kappa shape index (κ3) is 5.11. The summed E-state index contributed by atoms with van der Waals surface area (Å²) in [5, 5.41) is 2.31. The molecule has 0 spiro atoms. The van der Waals surface area contributed by atoms with Crippen molar-refractivity contribution >= 4 is 27.8 Å². The maximum atomic E-state index is 9.40. The van der Waals surface area contributed by atoms with E-state index in [1.165, 1.54) is 27.8 Å². The monoisotopic (exact) mass is 643 g/mol. The maximum absolute atomic E-state index is 9.40. The van der Waals surface area contributed by atoms with Crippen molar-refractivity contribution in [1.82, 2.24) is 0 Å². The summed E-state index contributed by atoms with van der Waals surface area (Å²) in [7, 11) is 0. The molecule has 50 heavy (non-hydrogen) atoms. The minimum absolute atomic E-state index is 0.0776. The van der Waals surface area contributed by atoms with Crippen LogP contribution in [-0.2, 0) is 5.41 Å². The summed E-state index contributed by atoms with van der Waals surface area (Å²) in [6.45, 7) is 4.59. The molecule has 0 bridgehead atoms. The van der Waals surface area contributed by atoms with E-state index in [-0.39, 0.29) is 40.8 Å². The SMILES string of the molecule is [2H]c1c([2H])c(N(c2ccc(-c3cccc4c3C(C)(C)c3ccccc3-4)cc2)c2cccc(-c3ccc4ccccc4c3)c2)c([2H])c([2H])c1-c1ccccc1. The lowest BCUT2D eigenvalue weighted by atomic mass is 9.79. The van der Waals surface area contributed by atoms with Crippen LogP contribution in [0, 0.1) is 0 Å². The van der Waals surface area contributed by atoms with Gasteiger partial charge < -0.3 is 4.90 Å². The number of nitrogens with zero attached hydrogens (tertiary/aromatic N) is 1. The van der Waals surface area contributed by atoms with E-state index < -0.39 is 0 Å². The zero-order valence-electron chi connectivity index (χ0n) is 32.0. The van der Waals surface area contributed by atoms with E-state index in [0.29, 0.717) is 5.56 Å². The Kier molecular flexibility index (Phi) is 6.22. The van der Waals surface area contributed by atoms with Crippen molar-refractivity contribution in [3.05, 3.63) is 199 Å². The standard InChI is InChI=1S/C49H37N/c1-49(2)47-21-9-8-18-45(47)46-20-11-19-44(48(46)49)37-26-30-42(31-27-37)50(41-28-24-36(25-29-41)34-12-4-3-5-13-34)43-17-10-16-39(33-43)40-23-22-35-14-6-7-15-38(35)32-40/h3-33H,1-2H3/i24D,25D,28D,29D. The first-order chi connectivity index (χ1) is 26.2. The Balaban J connectivity index is 1.21. The van der Waals surface area contributed by atoms with Crippen LogP contribution in [0.2, 0.25) is 0 Å². The van der Waals surface area contributed by atoms with Crippen LogP contribution >= 0.6 is 0 Å². The van der Waals surface area contributed by atoms with Gasteiger partial charge in [0.2, 0.25) is 0 Å². The summed E-state index contributed by atoms with van der Waals surface area (Å²) in [5.74, 6) is 0. The molecule has 0 saturated heterocycles. The predicted molar refractivity (Wildman–Crippen MR) is 213 cm³/mol. The van der Waals surface area contributed by atoms with Gasteiger partial charge in [0.15, 0.2) is 0 Å². The molecule has 1 aliphatic rings. The van der Waals surface area contributed by atoms with Crippen molar-refractivity contribution in [2.75, 3.05) is 4.90 Å². The van der Waals surface area contributed by atoms with E-state index in [1.807, 2.05) is 71.6 Å². The Bertz CT molecular complexity index is 2710. The van der Waals surface area contributed by atoms with Gasteiger partial charge in [0.1, 0.15) is 0 Å². The second kappa shape index (κ2) is 12.1. The van der Waals surface area contributed by atoms with Crippen LogP contribution in [0.3, 0.4) is 0 Å². The van der Waals surface area contributed by atoms with E-state index >= 15 is 0 Å². The predicted octanol–water partition coefficient (Wildman–Crippen LogP) is 13.6. The van der Waals surface area contributed by atoms with Crippen LogP contribution < -0.4 is 4.90 Å². The zero-order valence-corrected chi connectivity index (χ0v) is 28.0. The van der Waals surface area contributed by atoms with E-state index in [1.54, 1.807) is 0 Å².